The standard InChI is InChI=1S/C13H16O3S/c1-5-8-6-10-11(17-13(2,3)16-10)7-9(8)12(14)15-4/h6-7H,5H2,1-4H3. The van der Waals surface area contributed by atoms with Crippen LogP contribution in [0, 0.1) is 0 Å². The molecule has 92 valence electrons. The SMILES string of the molecule is CCc1cc2c(cc1C(=O)OC)SC(C)(C)O2. The Bertz CT molecular complexity index is 466. The van der Waals surface area contributed by atoms with Crippen molar-refractivity contribution in [3.8, 4) is 5.75 Å². The van der Waals surface area contributed by atoms with Crippen molar-refractivity contribution in [2.45, 2.75) is 37.0 Å². The lowest BCUT2D eigenvalue weighted by molar-refractivity contribution is 0.0599. The zero-order valence-corrected chi connectivity index (χ0v) is 11.3. The van der Waals surface area contributed by atoms with Crippen LogP contribution in [0.15, 0.2) is 17.0 Å². The number of rotatable bonds is 2. The maximum Gasteiger partial charge on any atom is 0.338 e. The van der Waals surface area contributed by atoms with Gasteiger partial charge < -0.3 is 9.47 Å². The number of carbonyl (C=O) groups excluding carboxylic acids is 1. The Balaban J connectivity index is 2.48. The highest BCUT2D eigenvalue weighted by molar-refractivity contribution is 8.00. The molecule has 0 radical (unpaired) electrons. The average Bonchev–Trinajstić information content (AvgIpc) is 2.59. The van der Waals surface area contributed by atoms with Crippen LogP contribution < -0.4 is 4.74 Å². The number of thioether (sulfide) groups is 1. The summed E-state index contributed by atoms with van der Waals surface area (Å²) in [6.45, 7) is 6.05. The number of methoxy groups -OCH3 is 1. The van der Waals surface area contributed by atoms with Crippen LogP contribution in [0.3, 0.4) is 0 Å². The molecule has 0 saturated carbocycles. The summed E-state index contributed by atoms with van der Waals surface area (Å²) < 4.78 is 10.6. The topological polar surface area (TPSA) is 35.5 Å². The van der Waals surface area contributed by atoms with Crippen LogP contribution in [-0.2, 0) is 11.2 Å². The van der Waals surface area contributed by atoms with E-state index in [0.717, 1.165) is 22.6 Å². The van der Waals surface area contributed by atoms with Gasteiger partial charge in [-0.15, -0.1) is 0 Å². The van der Waals surface area contributed by atoms with Gasteiger partial charge in [-0.3, -0.25) is 0 Å². The number of carbonyl (C=O) groups is 1. The van der Waals surface area contributed by atoms with Crippen LogP contribution in [0.4, 0.5) is 0 Å². The van der Waals surface area contributed by atoms with Gasteiger partial charge in [0, 0.05) is 0 Å². The monoisotopic (exact) mass is 252 g/mol. The van der Waals surface area contributed by atoms with Gasteiger partial charge in [0.05, 0.1) is 17.6 Å². The van der Waals surface area contributed by atoms with Gasteiger partial charge in [-0.1, -0.05) is 18.7 Å². The minimum atomic E-state index is -0.282. The second-order valence-corrected chi connectivity index (χ2v) is 6.03. The number of benzene rings is 1. The van der Waals surface area contributed by atoms with Crippen LogP contribution in [0.1, 0.15) is 36.7 Å². The van der Waals surface area contributed by atoms with E-state index in [9.17, 15) is 4.79 Å². The van der Waals surface area contributed by atoms with E-state index < -0.39 is 0 Å². The third kappa shape index (κ3) is 2.27. The molecule has 0 aliphatic carbocycles. The van der Waals surface area contributed by atoms with Crippen molar-refractivity contribution in [3.05, 3.63) is 23.3 Å². The fourth-order valence-corrected chi connectivity index (χ4v) is 2.94. The molecule has 0 saturated heterocycles. The highest BCUT2D eigenvalue weighted by atomic mass is 32.2. The van der Waals surface area contributed by atoms with E-state index in [1.54, 1.807) is 11.8 Å². The van der Waals surface area contributed by atoms with Crippen molar-refractivity contribution in [1.29, 1.82) is 0 Å². The second-order valence-electron chi connectivity index (χ2n) is 4.41. The molecule has 0 aromatic heterocycles. The summed E-state index contributed by atoms with van der Waals surface area (Å²) in [4.78, 5) is 12.4. The van der Waals surface area contributed by atoms with Gasteiger partial charge in [-0.25, -0.2) is 4.79 Å². The van der Waals surface area contributed by atoms with Crippen molar-refractivity contribution in [3.63, 3.8) is 0 Å². The normalized spacial score (nSPS) is 16.2. The van der Waals surface area contributed by atoms with Crippen molar-refractivity contribution in [2.75, 3.05) is 7.11 Å². The Labute approximate surface area is 105 Å². The van der Waals surface area contributed by atoms with E-state index in [-0.39, 0.29) is 10.9 Å². The molecule has 1 aromatic carbocycles. The van der Waals surface area contributed by atoms with E-state index in [1.807, 2.05) is 32.9 Å². The average molecular weight is 252 g/mol. The number of hydrogen-bond donors (Lipinski definition) is 0. The third-order valence-electron chi connectivity index (χ3n) is 2.67. The van der Waals surface area contributed by atoms with Gasteiger partial charge in [-0.05, 0) is 38.0 Å². The Hall–Kier alpha value is -1.16. The highest BCUT2D eigenvalue weighted by Crippen LogP contribution is 2.48. The van der Waals surface area contributed by atoms with Crippen LogP contribution in [-0.4, -0.2) is 18.0 Å². The first-order valence-electron chi connectivity index (χ1n) is 5.60. The van der Waals surface area contributed by atoms with E-state index >= 15 is 0 Å². The first-order valence-corrected chi connectivity index (χ1v) is 6.41. The van der Waals surface area contributed by atoms with E-state index in [2.05, 4.69) is 0 Å². The van der Waals surface area contributed by atoms with Gasteiger partial charge in [0.15, 0.2) is 4.93 Å². The summed E-state index contributed by atoms with van der Waals surface area (Å²) in [7, 11) is 1.41. The summed E-state index contributed by atoms with van der Waals surface area (Å²) in [5, 5.41) is 0. The largest absolute Gasteiger partial charge is 0.476 e. The minimum absolute atomic E-state index is 0.262. The molecule has 0 bridgehead atoms. The quantitative estimate of drug-likeness (QED) is 0.757. The van der Waals surface area contributed by atoms with E-state index in [4.69, 9.17) is 9.47 Å². The number of hydrogen-bond acceptors (Lipinski definition) is 4. The summed E-state index contributed by atoms with van der Waals surface area (Å²) in [6.07, 6.45) is 0.784. The van der Waals surface area contributed by atoms with Crippen LogP contribution in [0.5, 0.6) is 5.75 Å². The molecule has 1 aliphatic heterocycles. The van der Waals surface area contributed by atoms with Crippen LogP contribution in [0.25, 0.3) is 0 Å². The van der Waals surface area contributed by atoms with Crippen LogP contribution >= 0.6 is 11.8 Å². The minimum Gasteiger partial charge on any atom is -0.476 e. The summed E-state index contributed by atoms with van der Waals surface area (Å²) in [5.74, 6) is 0.583. The van der Waals surface area contributed by atoms with Gasteiger partial charge >= 0.3 is 5.97 Å². The molecule has 1 aliphatic rings. The van der Waals surface area contributed by atoms with Crippen molar-refractivity contribution in [1.82, 2.24) is 0 Å². The number of ether oxygens (including phenoxy) is 2. The second kappa shape index (κ2) is 4.26. The number of esters is 1. The smallest absolute Gasteiger partial charge is 0.338 e. The predicted molar refractivity (Wildman–Crippen MR) is 67.7 cm³/mol. The maximum atomic E-state index is 11.7. The highest BCUT2D eigenvalue weighted by Gasteiger charge is 2.32. The predicted octanol–water partition coefficient (Wildman–Crippen LogP) is 3.26. The molecular formula is C13H16O3S. The Morgan fingerprint density at radius 2 is 2.18 bits per heavy atom. The molecule has 1 heterocycles. The zero-order chi connectivity index (χ0) is 12.6. The summed E-state index contributed by atoms with van der Waals surface area (Å²) >= 11 is 1.62. The molecule has 0 amide bonds. The van der Waals surface area contributed by atoms with Gasteiger partial charge in [0.2, 0.25) is 0 Å². The fourth-order valence-electron chi connectivity index (χ4n) is 1.90. The molecule has 0 unspecified atom stereocenters. The first-order chi connectivity index (χ1) is 7.96. The van der Waals surface area contributed by atoms with Gasteiger partial charge in [-0.2, -0.15) is 0 Å². The number of aryl methyl sites for hydroxylation is 1. The Kier molecular flexibility index (Phi) is 3.08. The first kappa shape index (κ1) is 12.3. The summed E-state index contributed by atoms with van der Waals surface area (Å²) in [6, 6.07) is 3.82. The van der Waals surface area contributed by atoms with E-state index in [1.165, 1.54) is 7.11 Å². The van der Waals surface area contributed by atoms with Crippen molar-refractivity contribution in [2.24, 2.45) is 0 Å². The lowest BCUT2D eigenvalue weighted by atomic mass is 10.0. The maximum absolute atomic E-state index is 11.7. The van der Waals surface area contributed by atoms with Crippen LogP contribution in [0.2, 0.25) is 0 Å². The van der Waals surface area contributed by atoms with Crippen molar-refractivity contribution < 1.29 is 14.3 Å². The molecule has 0 N–H and O–H groups in total. The summed E-state index contributed by atoms with van der Waals surface area (Å²) in [5.41, 5.74) is 1.61. The lowest BCUT2D eigenvalue weighted by Gasteiger charge is -2.15. The molecule has 3 nitrogen and oxygen atoms in total. The molecule has 0 spiro atoms. The van der Waals surface area contributed by atoms with Gasteiger partial charge in [0.25, 0.3) is 0 Å². The third-order valence-corrected chi connectivity index (χ3v) is 3.78. The Morgan fingerprint density at radius 3 is 2.76 bits per heavy atom. The molecule has 2 rings (SSSR count). The molecule has 17 heavy (non-hydrogen) atoms. The zero-order valence-electron chi connectivity index (χ0n) is 10.5. The van der Waals surface area contributed by atoms with Crippen molar-refractivity contribution >= 4 is 17.7 Å². The molecule has 1 aromatic rings. The Morgan fingerprint density at radius 1 is 1.47 bits per heavy atom. The van der Waals surface area contributed by atoms with Gasteiger partial charge in [0.1, 0.15) is 5.75 Å². The molecular weight excluding hydrogens is 236 g/mol. The fraction of sp³-hybridized carbons (Fsp3) is 0.462. The van der Waals surface area contributed by atoms with E-state index in [0.29, 0.717) is 5.56 Å². The number of fused-ring (bicyclic) bond motifs is 1. The molecule has 0 atom stereocenters. The molecule has 0 fully saturated rings. The lowest BCUT2D eigenvalue weighted by Crippen LogP contribution is -2.18. The molecule has 4 heteroatoms.